The van der Waals surface area contributed by atoms with Crippen LogP contribution in [0.3, 0.4) is 0 Å². The van der Waals surface area contributed by atoms with Gasteiger partial charge in [-0.1, -0.05) is 31.5 Å². The molecule has 0 unspecified atom stereocenters. The predicted molar refractivity (Wildman–Crippen MR) is 94.8 cm³/mol. The topological polar surface area (TPSA) is 63.0 Å². The SMILES string of the molecule is C[S-].O.O.[B][B]C1(C)CC1.[B][B][C+](C)C[CH2-].[S-][S-].[Y].[Y].[Y].[Y]. The van der Waals surface area contributed by atoms with Gasteiger partial charge >= 0.3 is 7.17 Å². The predicted octanol–water partition coefficient (Wildman–Crippen LogP) is -0.204. The van der Waals surface area contributed by atoms with Crippen molar-refractivity contribution < 1.29 is 142 Å². The monoisotopic (exact) mass is 657 g/mol. The summed E-state index contributed by atoms with van der Waals surface area (Å²) in [6.45, 7) is 7.73. The van der Waals surface area contributed by atoms with Crippen LogP contribution in [0.2, 0.25) is 5.31 Å². The van der Waals surface area contributed by atoms with E-state index >= 15 is 0 Å². The van der Waals surface area contributed by atoms with E-state index in [0.29, 0.717) is 5.31 Å². The Labute approximate surface area is 259 Å². The largest absolute Gasteiger partial charge is 1.00 e. The molecular formula is C9H21B4O2S3Y4-3. The van der Waals surface area contributed by atoms with E-state index in [9.17, 15) is 0 Å². The van der Waals surface area contributed by atoms with E-state index in [2.05, 4.69) is 49.8 Å². The zero-order valence-electron chi connectivity index (χ0n) is 13.7. The minimum Gasteiger partial charge on any atom is -1.00 e. The number of hydrogen-bond acceptors (Lipinski definition) is 3. The summed E-state index contributed by atoms with van der Waals surface area (Å²) < 4.78 is 0. The van der Waals surface area contributed by atoms with Gasteiger partial charge in [0.15, 0.2) is 0 Å². The van der Waals surface area contributed by atoms with Crippen LogP contribution in [-0.2, 0) is 167 Å². The van der Waals surface area contributed by atoms with Crippen molar-refractivity contribution in [3.05, 3.63) is 12.7 Å². The average Bonchev–Trinajstić information content (AvgIpc) is 3.13. The van der Waals surface area contributed by atoms with Crippen LogP contribution in [0.4, 0.5) is 0 Å². The molecule has 4 N–H and O–H groups in total. The van der Waals surface area contributed by atoms with Gasteiger partial charge in [0.25, 0.3) is 0 Å². The summed E-state index contributed by atoms with van der Waals surface area (Å²) in [6, 6.07) is 0. The molecule has 10 radical (unpaired) electrons. The first-order valence-corrected chi connectivity index (χ1v) is 7.03. The molecule has 1 aliphatic carbocycles. The standard InChI is InChI=1S/2C4H7B2.CH4S.2H2O.S2.4Y/c1-4(6-5)2-3-4;1-3-4(2)6-5;1-2;;;1-2;;;;/h2-3H2,1H3;1,3H2,2H3;2H,1H3;2*1H2;;;;;/q;;;;;-2;;;;/p-1. The molecular weight excluding hydrogens is 635 g/mol. The Hall–Kier alpha value is 5.52. The second-order valence-electron chi connectivity index (χ2n) is 3.58. The van der Waals surface area contributed by atoms with Crippen LogP contribution < -0.4 is 0 Å². The van der Waals surface area contributed by atoms with Gasteiger partial charge in [0, 0.05) is 139 Å². The molecule has 22 heavy (non-hydrogen) atoms. The molecule has 114 valence electrons. The van der Waals surface area contributed by atoms with Crippen LogP contribution in [0.25, 0.3) is 0 Å². The molecule has 0 aromatic heterocycles. The van der Waals surface area contributed by atoms with E-state index in [0.717, 1.165) is 12.2 Å². The molecule has 0 saturated heterocycles. The fourth-order valence-electron chi connectivity index (χ4n) is 0.447. The minimum atomic E-state index is 0. The summed E-state index contributed by atoms with van der Waals surface area (Å²) >= 11 is 11.4. The maximum absolute atomic E-state index is 5.24. The zero-order chi connectivity index (χ0) is 13.6. The van der Waals surface area contributed by atoms with Crippen molar-refractivity contribution in [1.29, 1.82) is 0 Å². The Kier molecular flexibility index (Phi) is 116. The third kappa shape index (κ3) is 50.0. The maximum atomic E-state index is 5.24. The molecule has 1 saturated carbocycles. The van der Waals surface area contributed by atoms with Gasteiger partial charge < -0.3 is 53.8 Å². The first kappa shape index (κ1) is 56.4. The first-order valence-electron chi connectivity index (χ1n) is 4.88. The van der Waals surface area contributed by atoms with Crippen LogP contribution >= 0.6 is 0 Å². The summed E-state index contributed by atoms with van der Waals surface area (Å²) in [5, 5.41) is 0.444. The van der Waals surface area contributed by atoms with Crippen LogP contribution in [0.15, 0.2) is 0 Å². The minimum absolute atomic E-state index is 0. The average molecular weight is 656 g/mol. The van der Waals surface area contributed by atoms with E-state index in [1.807, 2.05) is 6.92 Å². The van der Waals surface area contributed by atoms with Gasteiger partial charge in [-0.3, -0.25) is 0 Å². The third-order valence-electron chi connectivity index (χ3n) is 2.12. The normalized spacial score (nSPS) is 9.77. The van der Waals surface area contributed by atoms with E-state index in [-0.39, 0.29) is 142 Å². The van der Waals surface area contributed by atoms with Crippen LogP contribution in [-0.4, -0.2) is 47.0 Å². The molecule has 0 amide bonds. The molecule has 0 bridgehead atoms. The summed E-state index contributed by atoms with van der Waals surface area (Å²) in [6.07, 6.45) is 4.99. The number of rotatable bonds is 3. The van der Waals surface area contributed by atoms with Gasteiger partial charge in [-0.2, -0.15) is 6.26 Å². The maximum Gasteiger partial charge on any atom is 0.334 e. The Morgan fingerprint density at radius 3 is 1.32 bits per heavy atom. The molecule has 0 aromatic carbocycles. The molecule has 2 nitrogen and oxygen atoms in total. The molecule has 0 atom stereocenters. The molecule has 0 heterocycles. The van der Waals surface area contributed by atoms with Crippen molar-refractivity contribution in [3.63, 3.8) is 0 Å². The van der Waals surface area contributed by atoms with Gasteiger partial charge in [0.1, 0.15) is 0 Å². The molecule has 0 aromatic rings. The molecule has 1 aliphatic rings. The summed E-state index contributed by atoms with van der Waals surface area (Å²) in [4.78, 5) is 0. The molecule has 13 heteroatoms. The van der Waals surface area contributed by atoms with E-state index in [1.165, 1.54) is 12.8 Å². The Morgan fingerprint density at radius 2 is 1.32 bits per heavy atom. The van der Waals surface area contributed by atoms with Gasteiger partial charge in [0.05, 0.1) is 21.8 Å². The smallest absolute Gasteiger partial charge is 0.334 e. The quantitative estimate of drug-likeness (QED) is 0.183. The fraction of sp³-hybridized carbons (Fsp3) is 0.778. The fourth-order valence-corrected chi connectivity index (χ4v) is 0.447. The van der Waals surface area contributed by atoms with E-state index in [4.69, 9.17) is 15.5 Å². The van der Waals surface area contributed by atoms with Crippen molar-refractivity contribution in [2.24, 2.45) is 0 Å². The summed E-state index contributed by atoms with van der Waals surface area (Å²) in [5.41, 5.74) is 0. The van der Waals surface area contributed by atoms with Crippen molar-refractivity contribution in [1.82, 2.24) is 0 Å². The number of hydrogen-bond donors (Lipinski definition) is 0. The van der Waals surface area contributed by atoms with Crippen LogP contribution in [0.5, 0.6) is 0 Å². The molecule has 1 rings (SSSR count). The summed E-state index contributed by atoms with van der Waals surface area (Å²) in [5.74, 6) is 1.13. The van der Waals surface area contributed by atoms with E-state index in [1.54, 1.807) is 20.6 Å². The molecule has 0 aliphatic heterocycles. The van der Waals surface area contributed by atoms with Crippen molar-refractivity contribution >= 4 is 65.8 Å². The van der Waals surface area contributed by atoms with Gasteiger partial charge in [-0.15, -0.1) is 0 Å². The second-order valence-corrected chi connectivity index (χ2v) is 3.58. The van der Waals surface area contributed by atoms with Crippen molar-refractivity contribution in [2.45, 2.75) is 38.4 Å². The molecule has 0 spiro atoms. The van der Waals surface area contributed by atoms with Crippen molar-refractivity contribution in [2.75, 3.05) is 6.26 Å². The first-order chi connectivity index (χ1) is 7.58. The van der Waals surface area contributed by atoms with Gasteiger partial charge in [-0.05, 0) is 5.82 Å². The Balaban J connectivity index is -0.0000000146. The van der Waals surface area contributed by atoms with Crippen LogP contribution in [0, 0.1) is 12.7 Å². The third-order valence-corrected chi connectivity index (χ3v) is 2.12. The molecule has 1 fully saturated rings. The van der Waals surface area contributed by atoms with Gasteiger partial charge in [-0.25, -0.2) is 0 Å². The summed E-state index contributed by atoms with van der Waals surface area (Å²) in [7, 11) is 13.7. The second kappa shape index (κ2) is 45.3. The van der Waals surface area contributed by atoms with Gasteiger partial charge in [0.2, 0.25) is 0 Å². The Morgan fingerprint density at radius 1 is 1.05 bits per heavy atom. The van der Waals surface area contributed by atoms with Crippen molar-refractivity contribution in [3.8, 4) is 0 Å². The van der Waals surface area contributed by atoms with E-state index < -0.39 is 0 Å². The zero-order valence-corrected chi connectivity index (χ0v) is 27.5. The Bertz CT molecular complexity index is 143. The van der Waals surface area contributed by atoms with Crippen LogP contribution in [0.1, 0.15) is 33.1 Å².